The molecule has 0 N–H and O–H groups in total. The third-order valence-corrected chi connectivity index (χ3v) is 9.33. The highest BCUT2D eigenvalue weighted by Gasteiger charge is 2.48. The molecule has 148 valence electrons. The predicted molar refractivity (Wildman–Crippen MR) is 121 cm³/mol. The Balaban J connectivity index is 2.70. The Morgan fingerprint density at radius 1 is 0.963 bits per heavy atom. The molecule has 2 aromatic carbocycles. The van der Waals surface area contributed by atoms with Gasteiger partial charge in [-0.2, -0.15) is 0 Å². The Labute approximate surface area is 184 Å². The maximum atomic E-state index is 6.57. The summed E-state index contributed by atoms with van der Waals surface area (Å²) in [6.07, 6.45) is 1.67. The maximum absolute atomic E-state index is 6.57. The van der Waals surface area contributed by atoms with Gasteiger partial charge in [0.05, 0.1) is 19.3 Å². The second-order valence-corrected chi connectivity index (χ2v) is 10.7. The van der Waals surface area contributed by atoms with E-state index in [0.29, 0.717) is 16.1 Å². The molecule has 0 saturated heterocycles. The molecule has 0 amide bonds. The molecule has 0 aliphatic heterocycles. The van der Waals surface area contributed by atoms with Crippen LogP contribution in [0.3, 0.4) is 0 Å². The molecular formula is C20H24Cl4O2Si. The fraction of sp³-hybridized carbons (Fsp3) is 0.400. The van der Waals surface area contributed by atoms with E-state index in [1.54, 1.807) is 14.2 Å². The molecule has 1 unspecified atom stereocenters. The molecule has 2 aromatic rings. The van der Waals surface area contributed by atoms with Crippen molar-refractivity contribution in [1.29, 1.82) is 0 Å². The summed E-state index contributed by atoms with van der Waals surface area (Å²) in [6, 6.07) is 11.7. The van der Waals surface area contributed by atoms with E-state index in [1.165, 1.54) is 0 Å². The largest absolute Gasteiger partial charge is 0.497 e. The number of hydrogen-bond acceptors (Lipinski definition) is 2. The average molecular weight is 466 g/mol. The fourth-order valence-electron chi connectivity index (χ4n) is 3.42. The van der Waals surface area contributed by atoms with Gasteiger partial charge < -0.3 is 9.47 Å². The van der Waals surface area contributed by atoms with Gasteiger partial charge in [-0.3, -0.25) is 0 Å². The van der Waals surface area contributed by atoms with Gasteiger partial charge in [0.25, 0.3) is 0 Å². The topological polar surface area (TPSA) is 18.5 Å². The third-order valence-electron chi connectivity index (χ3n) is 5.11. The lowest BCUT2D eigenvalue weighted by Crippen LogP contribution is -2.42. The summed E-state index contributed by atoms with van der Waals surface area (Å²) in [5, 5.41) is -0.726. The van der Waals surface area contributed by atoms with Crippen molar-refractivity contribution in [2.75, 3.05) is 20.1 Å². The standard InChI is InChI=1S/C20H24Cl4O2Si/c1-13-16(5-4-12-21)18(26-3)11-10-17(13)19(27,20(22,23)24)14-6-8-15(25-2)9-7-14/h6-11H,4-5,12H2,1-3,27H3. The number of methoxy groups -OCH3 is 2. The summed E-state index contributed by atoms with van der Waals surface area (Å²) in [5.41, 5.74) is 4.14. The second-order valence-electron chi connectivity index (χ2n) is 6.56. The van der Waals surface area contributed by atoms with Gasteiger partial charge in [-0.1, -0.05) is 53.0 Å². The Kier molecular flexibility index (Phi) is 7.80. The molecule has 0 aromatic heterocycles. The molecule has 2 rings (SSSR count). The first-order valence-electron chi connectivity index (χ1n) is 8.64. The Morgan fingerprint density at radius 3 is 2.07 bits per heavy atom. The summed E-state index contributed by atoms with van der Waals surface area (Å²) < 4.78 is 9.34. The highest BCUT2D eigenvalue weighted by molar-refractivity contribution is 6.70. The van der Waals surface area contributed by atoms with Crippen LogP contribution in [-0.2, 0) is 11.5 Å². The minimum atomic E-state index is -1.50. The van der Waals surface area contributed by atoms with Crippen LogP contribution in [0.2, 0.25) is 0 Å². The van der Waals surface area contributed by atoms with E-state index in [-0.39, 0.29) is 0 Å². The first-order valence-corrected chi connectivity index (χ1v) is 11.3. The summed E-state index contributed by atoms with van der Waals surface area (Å²) in [7, 11) is 3.90. The lowest BCUT2D eigenvalue weighted by Gasteiger charge is -2.39. The molecule has 0 fully saturated rings. The first-order chi connectivity index (χ1) is 12.7. The summed E-state index contributed by atoms with van der Waals surface area (Å²) in [6.45, 7) is 2.06. The smallest absolute Gasteiger partial charge is 0.200 e. The van der Waals surface area contributed by atoms with E-state index in [2.05, 4.69) is 6.92 Å². The summed E-state index contributed by atoms with van der Waals surface area (Å²) in [4.78, 5) is 0. The minimum absolute atomic E-state index is 0.585. The molecule has 0 radical (unpaired) electrons. The van der Waals surface area contributed by atoms with Crippen molar-refractivity contribution in [2.24, 2.45) is 0 Å². The molecule has 0 aliphatic rings. The fourth-order valence-corrected chi connectivity index (χ4v) is 5.06. The van der Waals surface area contributed by atoms with Gasteiger partial charge in [-0.25, -0.2) is 0 Å². The zero-order valence-electron chi connectivity index (χ0n) is 15.9. The van der Waals surface area contributed by atoms with Crippen molar-refractivity contribution >= 4 is 56.6 Å². The maximum Gasteiger partial charge on any atom is 0.200 e. The van der Waals surface area contributed by atoms with Gasteiger partial charge in [-0.15, -0.1) is 11.6 Å². The van der Waals surface area contributed by atoms with Crippen molar-refractivity contribution in [1.82, 2.24) is 0 Å². The van der Waals surface area contributed by atoms with E-state index in [4.69, 9.17) is 55.9 Å². The average Bonchev–Trinajstić information content (AvgIpc) is 2.65. The zero-order chi connectivity index (χ0) is 20.2. The molecule has 1 atom stereocenters. The Morgan fingerprint density at radius 2 is 1.59 bits per heavy atom. The van der Waals surface area contributed by atoms with E-state index in [0.717, 1.165) is 46.6 Å². The molecule has 0 spiro atoms. The lowest BCUT2D eigenvalue weighted by atomic mass is 9.85. The van der Waals surface area contributed by atoms with Gasteiger partial charge in [-0.05, 0) is 60.2 Å². The summed E-state index contributed by atoms with van der Waals surface area (Å²) >= 11 is 25.6. The molecule has 0 saturated carbocycles. The van der Waals surface area contributed by atoms with Crippen molar-refractivity contribution < 1.29 is 9.47 Å². The SMILES string of the molecule is COc1ccc(C([SiH3])(c2ccc(OC)c(CCCCl)c2C)C(Cl)(Cl)Cl)cc1. The van der Waals surface area contributed by atoms with Crippen LogP contribution in [-0.4, -0.2) is 34.1 Å². The third kappa shape index (κ3) is 4.54. The van der Waals surface area contributed by atoms with E-state index < -0.39 is 8.83 Å². The number of benzene rings is 2. The molecule has 0 heterocycles. The van der Waals surface area contributed by atoms with Crippen LogP contribution < -0.4 is 9.47 Å². The van der Waals surface area contributed by atoms with Crippen LogP contribution in [0.15, 0.2) is 36.4 Å². The van der Waals surface area contributed by atoms with E-state index >= 15 is 0 Å². The van der Waals surface area contributed by atoms with Crippen LogP contribution >= 0.6 is 46.4 Å². The second kappa shape index (κ2) is 9.28. The van der Waals surface area contributed by atoms with Gasteiger partial charge in [0.2, 0.25) is 3.79 Å². The number of alkyl halides is 4. The van der Waals surface area contributed by atoms with Crippen LogP contribution in [0.1, 0.15) is 28.7 Å². The van der Waals surface area contributed by atoms with Gasteiger partial charge in [0.15, 0.2) is 0 Å². The van der Waals surface area contributed by atoms with Gasteiger partial charge in [0.1, 0.15) is 11.5 Å². The number of hydrogen-bond donors (Lipinski definition) is 0. The van der Waals surface area contributed by atoms with E-state index in [9.17, 15) is 0 Å². The number of rotatable bonds is 7. The van der Waals surface area contributed by atoms with Gasteiger partial charge >= 0.3 is 0 Å². The van der Waals surface area contributed by atoms with Crippen LogP contribution in [0.5, 0.6) is 11.5 Å². The number of ether oxygens (including phenoxy) is 2. The van der Waals surface area contributed by atoms with Gasteiger partial charge in [0, 0.05) is 16.1 Å². The quantitative estimate of drug-likeness (QED) is 0.415. The predicted octanol–water partition coefficient (Wildman–Crippen LogP) is 5.16. The van der Waals surface area contributed by atoms with Crippen LogP contribution in [0, 0.1) is 6.92 Å². The molecular weight excluding hydrogens is 442 g/mol. The first kappa shape index (κ1) is 22.7. The van der Waals surface area contributed by atoms with Crippen molar-refractivity contribution in [3.63, 3.8) is 0 Å². The minimum Gasteiger partial charge on any atom is -0.497 e. The molecule has 27 heavy (non-hydrogen) atoms. The zero-order valence-corrected chi connectivity index (χ0v) is 20.9. The monoisotopic (exact) mass is 464 g/mol. The van der Waals surface area contributed by atoms with Crippen molar-refractivity contribution in [2.45, 2.75) is 28.6 Å². The van der Waals surface area contributed by atoms with Crippen molar-refractivity contribution in [3.8, 4) is 11.5 Å². The molecule has 2 nitrogen and oxygen atoms in total. The highest BCUT2D eigenvalue weighted by atomic mass is 35.6. The highest BCUT2D eigenvalue weighted by Crippen LogP contribution is 2.50. The van der Waals surface area contributed by atoms with Crippen molar-refractivity contribution in [3.05, 3.63) is 58.7 Å². The Bertz CT molecular complexity index is 775. The molecule has 7 heteroatoms. The van der Waals surface area contributed by atoms with Crippen LogP contribution in [0.25, 0.3) is 0 Å². The Hall–Kier alpha value is -0.583. The summed E-state index contributed by atoms with van der Waals surface area (Å²) in [5.74, 6) is 2.19. The lowest BCUT2D eigenvalue weighted by molar-refractivity contribution is 0.408. The van der Waals surface area contributed by atoms with E-state index in [1.807, 2.05) is 36.4 Å². The normalized spacial score (nSPS) is 14.0. The molecule has 0 aliphatic carbocycles. The molecule has 0 bridgehead atoms. The number of halogens is 4. The van der Waals surface area contributed by atoms with Crippen LogP contribution in [0.4, 0.5) is 0 Å².